The Morgan fingerprint density at radius 1 is 1.19 bits per heavy atom. The minimum absolute atomic E-state index is 0.0258. The predicted molar refractivity (Wildman–Crippen MR) is 114 cm³/mol. The number of rotatable bonds is 5. The van der Waals surface area contributed by atoms with Crippen LogP contribution < -0.4 is 10.1 Å². The first kappa shape index (κ1) is 22.7. The molecule has 1 fully saturated rings. The molecule has 0 bridgehead atoms. The number of imide groups is 1. The highest BCUT2D eigenvalue weighted by Gasteiger charge is 2.34. The topological polar surface area (TPSA) is 98.1 Å². The van der Waals surface area contributed by atoms with Crippen LogP contribution in [0, 0.1) is 0 Å². The Morgan fingerprint density at radius 2 is 1.84 bits per heavy atom. The van der Waals surface area contributed by atoms with Gasteiger partial charge in [-0.2, -0.15) is 0 Å². The number of halogens is 2. The second kappa shape index (κ2) is 8.64. The number of esters is 1. The van der Waals surface area contributed by atoms with Crippen LogP contribution in [-0.2, 0) is 16.1 Å². The monoisotopic (exact) mass is 466 g/mol. The van der Waals surface area contributed by atoms with E-state index in [0.717, 1.165) is 4.90 Å². The van der Waals surface area contributed by atoms with Gasteiger partial charge in [0.1, 0.15) is 17.1 Å². The van der Waals surface area contributed by atoms with Gasteiger partial charge in [-0.3, -0.25) is 9.69 Å². The SMILES string of the molecule is COC(=O)c1ccc(CN2C(=O)N/C(=C\c3cc(Cl)c(OC(C)(C)C)c(Cl)c3)C2=O)o1. The van der Waals surface area contributed by atoms with Crippen molar-refractivity contribution < 1.29 is 28.3 Å². The summed E-state index contributed by atoms with van der Waals surface area (Å²) in [7, 11) is 1.22. The first-order chi connectivity index (χ1) is 14.5. The predicted octanol–water partition coefficient (Wildman–Crippen LogP) is 4.64. The lowest BCUT2D eigenvalue weighted by Crippen LogP contribution is -2.30. The quantitative estimate of drug-likeness (QED) is 0.391. The number of ether oxygens (including phenoxy) is 2. The Morgan fingerprint density at radius 3 is 2.42 bits per heavy atom. The van der Waals surface area contributed by atoms with Gasteiger partial charge in [0.2, 0.25) is 5.76 Å². The molecule has 1 saturated heterocycles. The highest BCUT2D eigenvalue weighted by Crippen LogP contribution is 2.37. The summed E-state index contributed by atoms with van der Waals surface area (Å²) in [6, 6.07) is 5.43. The van der Waals surface area contributed by atoms with Crippen LogP contribution in [0.2, 0.25) is 10.0 Å². The van der Waals surface area contributed by atoms with Crippen molar-refractivity contribution in [2.24, 2.45) is 0 Å². The number of furan rings is 1. The molecule has 3 amide bonds. The smallest absolute Gasteiger partial charge is 0.373 e. The second-order valence-electron chi connectivity index (χ2n) is 7.67. The molecular weight excluding hydrogens is 447 g/mol. The van der Waals surface area contributed by atoms with Crippen LogP contribution in [0.25, 0.3) is 6.08 Å². The lowest BCUT2D eigenvalue weighted by molar-refractivity contribution is -0.123. The molecule has 1 aromatic heterocycles. The number of urea groups is 1. The summed E-state index contributed by atoms with van der Waals surface area (Å²) < 4.78 is 15.6. The third-order valence-electron chi connectivity index (χ3n) is 4.06. The van der Waals surface area contributed by atoms with E-state index in [1.807, 2.05) is 20.8 Å². The third-order valence-corrected chi connectivity index (χ3v) is 4.63. The molecule has 0 atom stereocenters. The highest BCUT2D eigenvalue weighted by molar-refractivity contribution is 6.37. The maximum Gasteiger partial charge on any atom is 0.373 e. The number of carbonyl (C=O) groups is 3. The number of nitrogens with zero attached hydrogens (tertiary/aromatic N) is 1. The van der Waals surface area contributed by atoms with Crippen LogP contribution >= 0.6 is 23.2 Å². The average Bonchev–Trinajstić information content (AvgIpc) is 3.24. The average molecular weight is 467 g/mol. The molecule has 0 saturated carbocycles. The number of carbonyl (C=O) groups excluding carboxylic acids is 3. The van der Waals surface area contributed by atoms with Crippen molar-refractivity contribution in [1.29, 1.82) is 0 Å². The van der Waals surface area contributed by atoms with Gasteiger partial charge in [0, 0.05) is 0 Å². The third kappa shape index (κ3) is 5.21. The summed E-state index contributed by atoms with van der Waals surface area (Å²) in [5, 5.41) is 3.05. The molecule has 2 aromatic rings. The molecule has 1 aromatic carbocycles. The molecule has 0 unspecified atom stereocenters. The van der Waals surface area contributed by atoms with Crippen LogP contribution in [0.1, 0.15) is 42.6 Å². The fraction of sp³-hybridized carbons (Fsp3) is 0.286. The van der Waals surface area contributed by atoms with Crippen LogP contribution in [0.4, 0.5) is 4.79 Å². The Hall–Kier alpha value is -2.97. The Kier molecular flexibility index (Phi) is 6.33. The van der Waals surface area contributed by atoms with Crippen molar-refractivity contribution in [2.75, 3.05) is 7.11 Å². The van der Waals surface area contributed by atoms with Crippen molar-refractivity contribution in [3.63, 3.8) is 0 Å². The van der Waals surface area contributed by atoms with Gasteiger partial charge in [-0.15, -0.1) is 0 Å². The van der Waals surface area contributed by atoms with Crippen molar-refractivity contribution in [1.82, 2.24) is 10.2 Å². The Balaban J connectivity index is 1.80. The Labute approximate surface area is 188 Å². The van der Waals surface area contributed by atoms with E-state index >= 15 is 0 Å². The van der Waals surface area contributed by atoms with E-state index in [1.165, 1.54) is 25.3 Å². The zero-order chi connectivity index (χ0) is 22.9. The summed E-state index contributed by atoms with van der Waals surface area (Å²) >= 11 is 12.6. The van der Waals surface area contributed by atoms with Gasteiger partial charge in [-0.05, 0) is 56.7 Å². The molecule has 1 aliphatic heterocycles. The fourth-order valence-electron chi connectivity index (χ4n) is 2.78. The van der Waals surface area contributed by atoms with E-state index in [0.29, 0.717) is 11.3 Å². The minimum Gasteiger partial charge on any atom is -0.485 e. The number of nitrogens with one attached hydrogen (secondary N) is 1. The van der Waals surface area contributed by atoms with Gasteiger partial charge >= 0.3 is 12.0 Å². The standard InChI is InChI=1S/C21H20Cl2N2O6/c1-21(2,3)31-17-13(22)7-11(8-14(17)23)9-15-18(26)25(20(28)24-15)10-12-5-6-16(30-12)19(27)29-4/h5-9H,10H2,1-4H3,(H,24,28)/b15-9-. The highest BCUT2D eigenvalue weighted by atomic mass is 35.5. The molecule has 1 N–H and O–H groups in total. The first-order valence-corrected chi connectivity index (χ1v) is 9.93. The van der Waals surface area contributed by atoms with Crippen LogP contribution in [-0.4, -0.2) is 35.5 Å². The zero-order valence-electron chi connectivity index (χ0n) is 17.2. The zero-order valence-corrected chi connectivity index (χ0v) is 18.8. The lowest BCUT2D eigenvalue weighted by atomic mass is 10.1. The summed E-state index contributed by atoms with van der Waals surface area (Å²) in [6.45, 7) is 5.44. The maximum absolute atomic E-state index is 12.7. The Bertz CT molecular complexity index is 1060. The van der Waals surface area contributed by atoms with Crippen LogP contribution in [0.5, 0.6) is 5.75 Å². The van der Waals surface area contributed by atoms with Gasteiger partial charge in [-0.1, -0.05) is 23.2 Å². The van der Waals surface area contributed by atoms with Gasteiger partial charge in [-0.25, -0.2) is 9.59 Å². The van der Waals surface area contributed by atoms with Crippen molar-refractivity contribution in [2.45, 2.75) is 32.9 Å². The largest absolute Gasteiger partial charge is 0.485 e. The van der Waals surface area contributed by atoms with Gasteiger partial charge in [0.05, 0.1) is 23.7 Å². The summed E-state index contributed by atoms with van der Waals surface area (Å²) in [6.07, 6.45) is 1.46. The fourth-order valence-corrected chi connectivity index (χ4v) is 3.36. The van der Waals surface area contributed by atoms with Gasteiger partial charge < -0.3 is 19.2 Å². The first-order valence-electron chi connectivity index (χ1n) is 9.18. The van der Waals surface area contributed by atoms with E-state index in [9.17, 15) is 14.4 Å². The molecule has 164 valence electrons. The number of hydrogen-bond acceptors (Lipinski definition) is 6. The number of hydrogen-bond donors (Lipinski definition) is 1. The van der Waals surface area contributed by atoms with Crippen LogP contribution in [0.3, 0.4) is 0 Å². The normalized spacial score (nSPS) is 15.4. The molecule has 8 nitrogen and oxygen atoms in total. The molecule has 2 heterocycles. The second-order valence-corrected chi connectivity index (χ2v) is 8.48. The number of methoxy groups -OCH3 is 1. The van der Waals surface area contributed by atoms with Gasteiger partial charge in [0.25, 0.3) is 5.91 Å². The van der Waals surface area contributed by atoms with E-state index < -0.39 is 23.5 Å². The lowest BCUT2D eigenvalue weighted by Gasteiger charge is -2.23. The molecular formula is C21H20Cl2N2O6. The van der Waals surface area contributed by atoms with Crippen molar-refractivity contribution in [3.8, 4) is 5.75 Å². The summed E-state index contributed by atoms with van der Waals surface area (Å²) in [5.41, 5.74) is 0.0528. The summed E-state index contributed by atoms with van der Waals surface area (Å²) in [5.74, 6) is -0.664. The van der Waals surface area contributed by atoms with Gasteiger partial charge in [0.15, 0.2) is 5.75 Å². The number of benzene rings is 1. The van der Waals surface area contributed by atoms with Crippen molar-refractivity contribution >= 4 is 47.2 Å². The molecule has 3 rings (SSSR count). The number of amides is 3. The maximum atomic E-state index is 12.7. The van der Waals surface area contributed by atoms with E-state index in [2.05, 4.69) is 10.1 Å². The molecule has 1 aliphatic rings. The van der Waals surface area contributed by atoms with Crippen molar-refractivity contribution in [3.05, 3.63) is 57.1 Å². The van der Waals surface area contributed by atoms with Crippen LogP contribution in [0.15, 0.2) is 34.4 Å². The minimum atomic E-state index is -0.656. The van der Waals surface area contributed by atoms with E-state index in [-0.39, 0.29) is 33.8 Å². The molecule has 0 radical (unpaired) electrons. The molecule has 10 heteroatoms. The molecule has 31 heavy (non-hydrogen) atoms. The van der Waals surface area contributed by atoms with E-state index in [4.69, 9.17) is 32.4 Å². The molecule has 0 spiro atoms. The summed E-state index contributed by atoms with van der Waals surface area (Å²) in [4.78, 5) is 37.4. The molecule has 0 aliphatic carbocycles. The van der Waals surface area contributed by atoms with E-state index in [1.54, 1.807) is 12.1 Å².